The van der Waals surface area contributed by atoms with E-state index in [2.05, 4.69) is 34.5 Å². The Bertz CT molecular complexity index is 705. The molecule has 0 spiro atoms. The Hall–Kier alpha value is -2.60. The molecule has 0 aliphatic heterocycles. The summed E-state index contributed by atoms with van der Waals surface area (Å²) in [6, 6.07) is 14.0. The summed E-state index contributed by atoms with van der Waals surface area (Å²) in [6.45, 7) is 7.75. The highest BCUT2D eigenvalue weighted by Crippen LogP contribution is 2.15. The number of benzene rings is 1. The van der Waals surface area contributed by atoms with E-state index in [-0.39, 0.29) is 0 Å². The molecule has 2 N–H and O–H groups in total. The van der Waals surface area contributed by atoms with E-state index in [1.54, 1.807) is 13.2 Å². The maximum atomic E-state index is 5.91. The molecule has 1 aromatic carbocycles. The van der Waals surface area contributed by atoms with E-state index < -0.39 is 0 Å². The molecular weight excluding hydrogens is 352 g/mol. The fraction of sp³-hybridized carbons (Fsp3) is 0.455. The Labute approximate surface area is 168 Å². The highest BCUT2D eigenvalue weighted by molar-refractivity contribution is 5.79. The van der Waals surface area contributed by atoms with Crippen LogP contribution in [0.25, 0.3) is 0 Å². The van der Waals surface area contributed by atoms with Gasteiger partial charge in [0.2, 0.25) is 5.88 Å². The number of nitrogens with zero attached hydrogens (tertiary/aromatic N) is 2. The number of hydrogen-bond acceptors (Lipinski definition) is 4. The molecule has 0 amide bonds. The lowest BCUT2D eigenvalue weighted by molar-refractivity contribution is 0.108. The zero-order valence-electron chi connectivity index (χ0n) is 17.1. The summed E-state index contributed by atoms with van der Waals surface area (Å²) < 4.78 is 11.5. The van der Waals surface area contributed by atoms with Crippen molar-refractivity contribution in [3.8, 4) is 5.88 Å². The molecule has 0 saturated heterocycles. The highest BCUT2D eigenvalue weighted by Gasteiger charge is 2.06. The third kappa shape index (κ3) is 8.39. The van der Waals surface area contributed by atoms with Gasteiger partial charge in [0, 0.05) is 45.1 Å². The Kier molecular flexibility index (Phi) is 9.86. The van der Waals surface area contributed by atoms with Crippen LogP contribution in [0.15, 0.2) is 53.7 Å². The monoisotopic (exact) mass is 384 g/mol. The van der Waals surface area contributed by atoms with Crippen LogP contribution in [0.2, 0.25) is 0 Å². The summed E-state index contributed by atoms with van der Waals surface area (Å²) >= 11 is 0. The fourth-order valence-electron chi connectivity index (χ4n) is 2.51. The van der Waals surface area contributed by atoms with Gasteiger partial charge in [-0.05, 0) is 24.0 Å². The highest BCUT2D eigenvalue weighted by atomic mass is 16.5. The van der Waals surface area contributed by atoms with Crippen LogP contribution in [-0.2, 0) is 17.9 Å². The number of hydrogen-bond donors (Lipinski definition) is 2. The molecule has 0 unspecified atom stereocenters. The molecule has 0 saturated carbocycles. The van der Waals surface area contributed by atoms with E-state index in [1.165, 1.54) is 0 Å². The van der Waals surface area contributed by atoms with Crippen LogP contribution < -0.4 is 15.4 Å². The van der Waals surface area contributed by atoms with Crippen LogP contribution in [0.5, 0.6) is 5.88 Å². The predicted octanol–water partition coefficient (Wildman–Crippen LogP) is 3.39. The normalized spacial score (nSPS) is 11.5. The second kappa shape index (κ2) is 12.7. The van der Waals surface area contributed by atoms with E-state index in [0.29, 0.717) is 24.9 Å². The lowest BCUT2D eigenvalue weighted by Crippen LogP contribution is -2.37. The van der Waals surface area contributed by atoms with Crippen LogP contribution in [-0.4, -0.2) is 37.7 Å². The molecule has 152 valence electrons. The number of aromatic nitrogens is 1. The van der Waals surface area contributed by atoms with Gasteiger partial charge in [-0.2, -0.15) is 0 Å². The standard InChI is InChI=1S/C22H32N4O2/c1-18(2)16-27-14-8-13-25-22(23-3)26-15-20-11-7-12-24-21(20)28-17-19-9-5-4-6-10-19/h4-7,9-12,18H,8,13-17H2,1-3H3,(H2,23,25,26). The minimum atomic E-state index is 0.494. The molecule has 0 aliphatic carbocycles. The number of rotatable bonds is 11. The van der Waals surface area contributed by atoms with Crippen molar-refractivity contribution in [2.75, 3.05) is 26.8 Å². The molecule has 0 radical (unpaired) electrons. The van der Waals surface area contributed by atoms with Gasteiger partial charge in [-0.15, -0.1) is 0 Å². The number of guanidine groups is 1. The summed E-state index contributed by atoms with van der Waals surface area (Å²) in [4.78, 5) is 8.63. The van der Waals surface area contributed by atoms with Gasteiger partial charge in [0.05, 0.1) is 0 Å². The van der Waals surface area contributed by atoms with Gasteiger partial charge in [0.25, 0.3) is 0 Å². The first kappa shape index (κ1) is 21.7. The Morgan fingerprint density at radius 3 is 2.68 bits per heavy atom. The van der Waals surface area contributed by atoms with Crippen molar-refractivity contribution in [2.24, 2.45) is 10.9 Å². The molecule has 0 bridgehead atoms. The minimum Gasteiger partial charge on any atom is -0.473 e. The minimum absolute atomic E-state index is 0.494. The molecule has 0 aliphatic rings. The van der Waals surface area contributed by atoms with Crippen molar-refractivity contribution >= 4 is 5.96 Å². The first-order valence-electron chi connectivity index (χ1n) is 9.82. The van der Waals surface area contributed by atoms with Crippen LogP contribution in [0.3, 0.4) is 0 Å². The van der Waals surface area contributed by atoms with Gasteiger partial charge in [-0.3, -0.25) is 4.99 Å². The molecule has 6 heteroatoms. The summed E-state index contributed by atoms with van der Waals surface area (Å²) in [5.74, 6) is 1.96. The van der Waals surface area contributed by atoms with Crippen LogP contribution in [0, 0.1) is 5.92 Å². The number of nitrogens with one attached hydrogen (secondary N) is 2. The number of aliphatic imine (C=N–C) groups is 1. The molecule has 1 heterocycles. The quantitative estimate of drug-likeness (QED) is 0.353. The van der Waals surface area contributed by atoms with Crippen molar-refractivity contribution in [1.82, 2.24) is 15.6 Å². The number of ether oxygens (including phenoxy) is 2. The SMILES string of the molecule is CN=C(NCCCOCC(C)C)NCc1cccnc1OCc1ccccc1. The Morgan fingerprint density at radius 2 is 1.93 bits per heavy atom. The van der Waals surface area contributed by atoms with E-state index in [1.807, 2.05) is 42.5 Å². The zero-order chi connectivity index (χ0) is 20.0. The zero-order valence-corrected chi connectivity index (χ0v) is 17.1. The van der Waals surface area contributed by atoms with Gasteiger partial charge in [0.1, 0.15) is 6.61 Å². The molecule has 2 rings (SSSR count). The average Bonchev–Trinajstić information content (AvgIpc) is 2.72. The second-order valence-corrected chi connectivity index (χ2v) is 6.92. The van der Waals surface area contributed by atoms with Crippen LogP contribution in [0.4, 0.5) is 0 Å². The third-order valence-corrected chi connectivity index (χ3v) is 3.95. The van der Waals surface area contributed by atoms with Gasteiger partial charge in [0.15, 0.2) is 5.96 Å². The maximum absolute atomic E-state index is 5.91. The average molecular weight is 385 g/mol. The van der Waals surface area contributed by atoms with Crippen molar-refractivity contribution in [3.05, 3.63) is 59.8 Å². The first-order chi connectivity index (χ1) is 13.7. The van der Waals surface area contributed by atoms with Crippen LogP contribution >= 0.6 is 0 Å². The molecular formula is C22H32N4O2. The van der Waals surface area contributed by atoms with Crippen molar-refractivity contribution in [2.45, 2.75) is 33.4 Å². The van der Waals surface area contributed by atoms with Crippen molar-refractivity contribution in [3.63, 3.8) is 0 Å². The fourth-order valence-corrected chi connectivity index (χ4v) is 2.51. The summed E-state index contributed by atoms with van der Waals surface area (Å²) in [7, 11) is 1.76. The molecule has 0 fully saturated rings. The Balaban J connectivity index is 1.76. The lowest BCUT2D eigenvalue weighted by Gasteiger charge is -2.14. The summed E-state index contributed by atoms with van der Waals surface area (Å²) in [5.41, 5.74) is 2.10. The van der Waals surface area contributed by atoms with E-state index in [0.717, 1.165) is 43.3 Å². The summed E-state index contributed by atoms with van der Waals surface area (Å²) in [5, 5.41) is 6.61. The smallest absolute Gasteiger partial charge is 0.218 e. The van der Waals surface area contributed by atoms with Crippen molar-refractivity contribution in [1.29, 1.82) is 0 Å². The molecule has 0 atom stereocenters. The van der Waals surface area contributed by atoms with E-state index >= 15 is 0 Å². The second-order valence-electron chi connectivity index (χ2n) is 6.92. The molecule has 6 nitrogen and oxygen atoms in total. The molecule has 2 aromatic rings. The lowest BCUT2D eigenvalue weighted by atomic mass is 10.2. The van der Waals surface area contributed by atoms with Gasteiger partial charge in [-0.1, -0.05) is 50.2 Å². The maximum Gasteiger partial charge on any atom is 0.218 e. The van der Waals surface area contributed by atoms with E-state index in [4.69, 9.17) is 9.47 Å². The Morgan fingerprint density at radius 1 is 1.11 bits per heavy atom. The molecule has 28 heavy (non-hydrogen) atoms. The van der Waals surface area contributed by atoms with Crippen molar-refractivity contribution < 1.29 is 9.47 Å². The first-order valence-corrected chi connectivity index (χ1v) is 9.82. The van der Waals surface area contributed by atoms with Gasteiger partial charge >= 0.3 is 0 Å². The predicted molar refractivity (Wildman–Crippen MR) is 113 cm³/mol. The third-order valence-electron chi connectivity index (χ3n) is 3.95. The van der Waals surface area contributed by atoms with E-state index in [9.17, 15) is 0 Å². The van der Waals surface area contributed by atoms with Crippen LogP contribution in [0.1, 0.15) is 31.4 Å². The number of pyridine rings is 1. The topological polar surface area (TPSA) is 67.8 Å². The molecule has 1 aromatic heterocycles. The van der Waals surface area contributed by atoms with Gasteiger partial charge in [-0.25, -0.2) is 4.98 Å². The van der Waals surface area contributed by atoms with Gasteiger partial charge < -0.3 is 20.1 Å². The summed E-state index contributed by atoms with van der Waals surface area (Å²) in [6.07, 6.45) is 2.68. The largest absolute Gasteiger partial charge is 0.473 e.